The molecule has 0 atom stereocenters. The normalized spacial score (nSPS) is 9.55. The molecule has 0 fully saturated rings. The minimum Gasteiger partial charge on any atom is -0.381 e. The number of aromatic nitrogens is 1. The van der Waals surface area contributed by atoms with E-state index in [1.807, 2.05) is 6.92 Å². The summed E-state index contributed by atoms with van der Waals surface area (Å²) in [4.78, 5) is 11.0. The molecule has 5 heteroatoms. The monoisotopic (exact) mass is 155 g/mol. The zero-order valence-electron chi connectivity index (χ0n) is 6.13. The fourth-order valence-corrected chi connectivity index (χ4v) is 0.644. The molecule has 1 rings (SSSR count). The summed E-state index contributed by atoms with van der Waals surface area (Å²) >= 11 is 0. The fourth-order valence-electron chi connectivity index (χ4n) is 0.644. The van der Waals surface area contributed by atoms with Gasteiger partial charge in [-0.1, -0.05) is 5.16 Å². The van der Waals surface area contributed by atoms with Gasteiger partial charge in [0.25, 0.3) is 5.91 Å². The van der Waals surface area contributed by atoms with Crippen LogP contribution in [0.4, 0.5) is 5.82 Å². The topological polar surface area (TPSA) is 81.2 Å². The summed E-state index contributed by atoms with van der Waals surface area (Å²) in [5, 5.41) is 5.91. The lowest BCUT2D eigenvalue weighted by atomic mass is 10.4. The molecule has 0 aromatic carbocycles. The molecule has 1 aromatic heterocycles. The fraction of sp³-hybridized carbons (Fsp3) is 0.333. The number of rotatable bonds is 2. The summed E-state index contributed by atoms with van der Waals surface area (Å²) in [6.45, 7) is 2.37. The molecule has 0 saturated carbocycles. The lowest BCUT2D eigenvalue weighted by Gasteiger charge is -1.93. The predicted molar refractivity (Wildman–Crippen MR) is 38.9 cm³/mol. The average molecular weight is 155 g/mol. The molecule has 1 aromatic rings. The summed E-state index contributed by atoms with van der Waals surface area (Å²) in [6.07, 6.45) is 0. The maximum Gasteiger partial charge on any atom is 0.289 e. The van der Waals surface area contributed by atoms with Gasteiger partial charge in [-0.05, 0) is 6.92 Å². The van der Waals surface area contributed by atoms with E-state index in [4.69, 9.17) is 5.73 Å². The highest BCUT2D eigenvalue weighted by Gasteiger charge is 2.09. The highest BCUT2D eigenvalue weighted by Crippen LogP contribution is 2.03. The third-order valence-corrected chi connectivity index (χ3v) is 1.09. The van der Waals surface area contributed by atoms with Crippen molar-refractivity contribution >= 4 is 11.7 Å². The molecule has 0 aliphatic rings. The number of anilines is 1. The van der Waals surface area contributed by atoms with Crippen LogP contribution in [0.5, 0.6) is 0 Å². The molecule has 3 N–H and O–H groups in total. The number of carbonyl (C=O) groups is 1. The van der Waals surface area contributed by atoms with Crippen LogP contribution in [0.2, 0.25) is 0 Å². The molecule has 0 saturated heterocycles. The Bertz CT molecular complexity index is 256. The summed E-state index contributed by atoms with van der Waals surface area (Å²) in [7, 11) is 0. The number of nitrogens with one attached hydrogen (secondary N) is 1. The summed E-state index contributed by atoms with van der Waals surface area (Å²) in [5.41, 5.74) is 5.23. The van der Waals surface area contributed by atoms with E-state index >= 15 is 0 Å². The van der Waals surface area contributed by atoms with Crippen molar-refractivity contribution < 1.29 is 9.32 Å². The van der Waals surface area contributed by atoms with Crippen molar-refractivity contribution in [3.63, 3.8) is 0 Å². The largest absolute Gasteiger partial charge is 0.381 e. The summed E-state index contributed by atoms with van der Waals surface area (Å²) in [5.74, 6) is 0.0623. The number of hydrogen-bond donors (Lipinski definition) is 2. The zero-order valence-corrected chi connectivity index (χ0v) is 6.13. The molecule has 60 valence electrons. The van der Waals surface area contributed by atoms with Crippen molar-refractivity contribution in [2.24, 2.45) is 0 Å². The summed E-state index contributed by atoms with van der Waals surface area (Å²) < 4.78 is 4.59. The lowest BCUT2D eigenvalue weighted by Crippen LogP contribution is -2.21. The molecular weight excluding hydrogens is 146 g/mol. The molecular formula is C6H9N3O2. The smallest absolute Gasteiger partial charge is 0.289 e. The van der Waals surface area contributed by atoms with Crippen LogP contribution in [0, 0.1) is 0 Å². The molecule has 1 heterocycles. The van der Waals surface area contributed by atoms with Crippen molar-refractivity contribution in [1.29, 1.82) is 0 Å². The SMILES string of the molecule is CCNC(=O)c1cc(N)no1. The van der Waals surface area contributed by atoms with Gasteiger partial charge in [-0.15, -0.1) is 0 Å². The van der Waals surface area contributed by atoms with E-state index in [1.165, 1.54) is 6.07 Å². The number of nitrogens with two attached hydrogens (primary N) is 1. The Morgan fingerprint density at radius 2 is 2.64 bits per heavy atom. The van der Waals surface area contributed by atoms with Crippen molar-refractivity contribution in [2.45, 2.75) is 6.92 Å². The zero-order chi connectivity index (χ0) is 8.27. The highest BCUT2D eigenvalue weighted by molar-refractivity contribution is 5.91. The number of amides is 1. The van der Waals surface area contributed by atoms with Gasteiger partial charge in [0.2, 0.25) is 5.76 Å². The molecule has 0 aliphatic heterocycles. The molecule has 1 amide bonds. The van der Waals surface area contributed by atoms with Crippen LogP contribution < -0.4 is 11.1 Å². The Hall–Kier alpha value is -1.52. The molecule has 0 bridgehead atoms. The van der Waals surface area contributed by atoms with Crippen LogP contribution in [0.25, 0.3) is 0 Å². The maximum atomic E-state index is 11.0. The quantitative estimate of drug-likeness (QED) is 0.630. The highest BCUT2D eigenvalue weighted by atomic mass is 16.5. The van der Waals surface area contributed by atoms with Crippen molar-refractivity contribution in [1.82, 2.24) is 10.5 Å². The second-order valence-corrected chi connectivity index (χ2v) is 1.98. The van der Waals surface area contributed by atoms with Gasteiger partial charge in [0.1, 0.15) is 0 Å². The van der Waals surface area contributed by atoms with Crippen LogP contribution in [0.3, 0.4) is 0 Å². The molecule has 0 spiro atoms. The van der Waals surface area contributed by atoms with E-state index in [1.54, 1.807) is 0 Å². The average Bonchev–Trinajstić information content (AvgIpc) is 2.36. The molecule has 0 unspecified atom stereocenters. The Morgan fingerprint density at radius 1 is 1.91 bits per heavy atom. The number of carbonyl (C=O) groups excluding carboxylic acids is 1. The van der Waals surface area contributed by atoms with Gasteiger partial charge >= 0.3 is 0 Å². The molecule has 11 heavy (non-hydrogen) atoms. The van der Waals surface area contributed by atoms with E-state index in [0.29, 0.717) is 6.54 Å². The Kier molecular flexibility index (Phi) is 2.10. The molecule has 5 nitrogen and oxygen atoms in total. The first-order valence-electron chi connectivity index (χ1n) is 3.24. The van der Waals surface area contributed by atoms with Gasteiger partial charge in [-0.3, -0.25) is 4.79 Å². The van der Waals surface area contributed by atoms with Gasteiger partial charge in [0, 0.05) is 12.6 Å². The number of nitrogen functional groups attached to an aromatic ring is 1. The van der Waals surface area contributed by atoms with E-state index < -0.39 is 0 Å². The van der Waals surface area contributed by atoms with Gasteiger partial charge in [-0.2, -0.15) is 0 Å². The second kappa shape index (κ2) is 3.05. The van der Waals surface area contributed by atoms with Crippen LogP contribution >= 0.6 is 0 Å². The van der Waals surface area contributed by atoms with E-state index in [0.717, 1.165) is 0 Å². The van der Waals surface area contributed by atoms with Gasteiger partial charge in [-0.25, -0.2) is 0 Å². The van der Waals surface area contributed by atoms with Crippen molar-refractivity contribution in [2.75, 3.05) is 12.3 Å². The number of hydrogen-bond acceptors (Lipinski definition) is 4. The van der Waals surface area contributed by atoms with E-state index in [9.17, 15) is 4.79 Å². The van der Waals surface area contributed by atoms with Crippen LogP contribution in [0.1, 0.15) is 17.5 Å². The first-order valence-corrected chi connectivity index (χ1v) is 3.24. The lowest BCUT2D eigenvalue weighted by molar-refractivity contribution is 0.0919. The Morgan fingerprint density at radius 3 is 3.09 bits per heavy atom. The third-order valence-electron chi connectivity index (χ3n) is 1.09. The van der Waals surface area contributed by atoms with Crippen LogP contribution in [-0.4, -0.2) is 17.6 Å². The maximum absolute atomic E-state index is 11.0. The van der Waals surface area contributed by atoms with E-state index in [2.05, 4.69) is 15.0 Å². The third kappa shape index (κ3) is 1.70. The summed E-state index contributed by atoms with van der Waals surface area (Å²) in [6, 6.07) is 1.38. The van der Waals surface area contributed by atoms with Crippen molar-refractivity contribution in [3.05, 3.63) is 11.8 Å². The standard InChI is InChI=1S/C6H9N3O2/c1-2-8-6(10)4-3-5(7)9-11-4/h3H,2H2,1H3,(H2,7,9)(H,8,10). The predicted octanol–water partition coefficient (Wildman–Crippen LogP) is 0.00650. The van der Waals surface area contributed by atoms with E-state index in [-0.39, 0.29) is 17.5 Å². The Labute approximate surface area is 63.5 Å². The van der Waals surface area contributed by atoms with Gasteiger partial charge in [0.05, 0.1) is 0 Å². The van der Waals surface area contributed by atoms with Crippen molar-refractivity contribution in [3.8, 4) is 0 Å². The molecule has 0 radical (unpaired) electrons. The first kappa shape index (κ1) is 7.59. The first-order chi connectivity index (χ1) is 5.24. The van der Waals surface area contributed by atoms with Crippen LogP contribution in [-0.2, 0) is 0 Å². The number of nitrogens with zero attached hydrogens (tertiary/aromatic N) is 1. The van der Waals surface area contributed by atoms with Gasteiger partial charge < -0.3 is 15.6 Å². The van der Waals surface area contributed by atoms with Crippen LogP contribution in [0.15, 0.2) is 10.6 Å². The van der Waals surface area contributed by atoms with Gasteiger partial charge in [0.15, 0.2) is 5.82 Å². The minimum atomic E-state index is -0.295. The second-order valence-electron chi connectivity index (χ2n) is 1.98. The minimum absolute atomic E-state index is 0.143. The molecule has 0 aliphatic carbocycles. The Balaban J connectivity index is 2.69.